The van der Waals surface area contributed by atoms with Crippen molar-refractivity contribution >= 4 is 16.9 Å². The van der Waals surface area contributed by atoms with Crippen LogP contribution in [0, 0.1) is 13.8 Å². The molecule has 0 atom stereocenters. The Balaban J connectivity index is 2.85. The quantitative estimate of drug-likeness (QED) is 0.851. The summed E-state index contributed by atoms with van der Waals surface area (Å²) >= 11 is 0. The van der Waals surface area contributed by atoms with Crippen LogP contribution in [-0.2, 0) is 6.54 Å². The first-order valence-electron chi connectivity index (χ1n) is 5.49. The lowest BCUT2D eigenvalue weighted by atomic mass is 10.0. The molecule has 0 fully saturated rings. The lowest BCUT2D eigenvalue weighted by Crippen LogP contribution is -2.01. The highest BCUT2D eigenvalue weighted by molar-refractivity contribution is 6.05. The summed E-state index contributed by atoms with van der Waals surface area (Å²) in [5, 5.41) is 19.0. The third-order valence-corrected chi connectivity index (χ3v) is 3.00. The zero-order valence-electron chi connectivity index (χ0n) is 9.90. The molecule has 0 aliphatic heterocycles. The van der Waals surface area contributed by atoms with Gasteiger partial charge in [0.15, 0.2) is 0 Å². The monoisotopic (exact) mass is 233 g/mol. The van der Waals surface area contributed by atoms with Crippen LogP contribution in [0.2, 0.25) is 0 Å². The van der Waals surface area contributed by atoms with Gasteiger partial charge in [-0.2, -0.15) is 0 Å². The third-order valence-electron chi connectivity index (χ3n) is 3.00. The molecular formula is C13H15NO3. The summed E-state index contributed by atoms with van der Waals surface area (Å²) in [5.41, 5.74) is 3.16. The van der Waals surface area contributed by atoms with E-state index in [0.29, 0.717) is 12.1 Å². The molecular weight excluding hydrogens is 218 g/mol. The van der Waals surface area contributed by atoms with E-state index in [-0.39, 0.29) is 6.61 Å². The van der Waals surface area contributed by atoms with E-state index in [4.69, 9.17) is 5.11 Å². The highest BCUT2D eigenvalue weighted by Crippen LogP contribution is 2.27. The number of aromatic nitrogens is 1. The van der Waals surface area contributed by atoms with Gasteiger partial charge in [-0.15, -0.1) is 0 Å². The Morgan fingerprint density at radius 3 is 2.53 bits per heavy atom. The minimum atomic E-state index is -0.930. The Kier molecular flexibility index (Phi) is 2.90. The fourth-order valence-corrected chi connectivity index (χ4v) is 2.24. The molecule has 0 unspecified atom stereocenters. The van der Waals surface area contributed by atoms with Crippen molar-refractivity contribution in [3.05, 3.63) is 35.0 Å². The Labute approximate surface area is 99.1 Å². The standard InChI is InChI=1S/C13H15NO3/c1-8-3-4-9(2)12-11(8)10(13(16)17)7-14(12)5-6-15/h3-4,7,15H,5-6H2,1-2H3,(H,16,17). The molecule has 1 aromatic heterocycles. The van der Waals surface area contributed by atoms with Gasteiger partial charge in [0, 0.05) is 18.1 Å². The molecule has 17 heavy (non-hydrogen) atoms. The SMILES string of the molecule is Cc1ccc(C)c2c1c(C(=O)O)cn2CCO. The Bertz CT molecular complexity index is 584. The van der Waals surface area contributed by atoms with Crippen LogP contribution >= 0.6 is 0 Å². The number of fused-ring (bicyclic) bond motifs is 1. The number of nitrogens with zero attached hydrogens (tertiary/aromatic N) is 1. The van der Waals surface area contributed by atoms with Crippen molar-refractivity contribution in [2.24, 2.45) is 0 Å². The summed E-state index contributed by atoms with van der Waals surface area (Å²) in [6, 6.07) is 3.89. The maximum absolute atomic E-state index is 11.2. The molecule has 2 aromatic rings. The first-order valence-corrected chi connectivity index (χ1v) is 5.49. The molecule has 90 valence electrons. The summed E-state index contributed by atoms with van der Waals surface area (Å²) in [6.45, 7) is 4.25. The zero-order valence-corrected chi connectivity index (χ0v) is 9.90. The summed E-state index contributed by atoms with van der Waals surface area (Å²) in [4.78, 5) is 11.2. The summed E-state index contributed by atoms with van der Waals surface area (Å²) < 4.78 is 1.81. The van der Waals surface area contributed by atoms with Crippen molar-refractivity contribution < 1.29 is 15.0 Å². The van der Waals surface area contributed by atoms with Crippen LogP contribution in [0.5, 0.6) is 0 Å². The van der Waals surface area contributed by atoms with Gasteiger partial charge in [0.2, 0.25) is 0 Å². The van der Waals surface area contributed by atoms with E-state index in [9.17, 15) is 9.90 Å². The first-order chi connectivity index (χ1) is 8.06. The highest BCUT2D eigenvalue weighted by atomic mass is 16.4. The van der Waals surface area contributed by atoms with Crippen LogP contribution in [0.3, 0.4) is 0 Å². The second-order valence-electron chi connectivity index (χ2n) is 4.19. The van der Waals surface area contributed by atoms with Crippen LogP contribution < -0.4 is 0 Å². The number of rotatable bonds is 3. The van der Waals surface area contributed by atoms with E-state index < -0.39 is 5.97 Å². The number of hydrogen-bond acceptors (Lipinski definition) is 2. The molecule has 2 rings (SSSR count). The number of carboxylic acids is 1. The highest BCUT2D eigenvalue weighted by Gasteiger charge is 2.17. The van der Waals surface area contributed by atoms with Gasteiger partial charge < -0.3 is 14.8 Å². The molecule has 4 nitrogen and oxygen atoms in total. The van der Waals surface area contributed by atoms with Gasteiger partial charge in [-0.25, -0.2) is 4.79 Å². The van der Waals surface area contributed by atoms with Crippen LogP contribution in [-0.4, -0.2) is 27.4 Å². The van der Waals surface area contributed by atoms with Gasteiger partial charge in [-0.05, 0) is 25.0 Å². The number of hydrogen-bond donors (Lipinski definition) is 2. The molecule has 0 spiro atoms. The topological polar surface area (TPSA) is 62.5 Å². The maximum atomic E-state index is 11.2. The van der Waals surface area contributed by atoms with Crippen LogP contribution in [0.4, 0.5) is 0 Å². The molecule has 0 radical (unpaired) electrons. The number of aliphatic hydroxyl groups is 1. The second kappa shape index (κ2) is 4.22. The van der Waals surface area contributed by atoms with Crippen molar-refractivity contribution in [3.63, 3.8) is 0 Å². The molecule has 0 aliphatic carbocycles. The number of carboxylic acid groups (broad SMARTS) is 1. The lowest BCUT2D eigenvalue weighted by Gasteiger charge is -2.06. The zero-order chi connectivity index (χ0) is 12.6. The van der Waals surface area contributed by atoms with Gasteiger partial charge in [-0.3, -0.25) is 0 Å². The van der Waals surface area contributed by atoms with E-state index >= 15 is 0 Å². The van der Waals surface area contributed by atoms with Gasteiger partial charge in [0.05, 0.1) is 17.7 Å². The number of benzene rings is 1. The second-order valence-corrected chi connectivity index (χ2v) is 4.19. The minimum absolute atomic E-state index is 0.00375. The number of aliphatic hydroxyl groups excluding tert-OH is 1. The minimum Gasteiger partial charge on any atom is -0.478 e. The largest absolute Gasteiger partial charge is 0.478 e. The normalized spacial score (nSPS) is 11.0. The van der Waals surface area contributed by atoms with Crippen molar-refractivity contribution in [2.75, 3.05) is 6.61 Å². The fraction of sp³-hybridized carbons (Fsp3) is 0.308. The van der Waals surface area contributed by atoms with E-state index in [1.165, 1.54) is 0 Å². The average Bonchev–Trinajstić information content (AvgIpc) is 2.65. The van der Waals surface area contributed by atoms with E-state index in [2.05, 4.69) is 0 Å². The molecule has 0 saturated carbocycles. The fourth-order valence-electron chi connectivity index (χ4n) is 2.24. The lowest BCUT2D eigenvalue weighted by molar-refractivity contribution is 0.0698. The third kappa shape index (κ3) is 1.80. The van der Waals surface area contributed by atoms with Gasteiger partial charge >= 0.3 is 5.97 Å². The number of aryl methyl sites for hydroxylation is 2. The smallest absolute Gasteiger partial charge is 0.337 e. The molecule has 0 amide bonds. The number of aromatic carboxylic acids is 1. The molecule has 0 aliphatic rings. The van der Waals surface area contributed by atoms with Crippen molar-refractivity contribution in [3.8, 4) is 0 Å². The molecule has 4 heteroatoms. The van der Waals surface area contributed by atoms with Gasteiger partial charge in [0.25, 0.3) is 0 Å². The van der Waals surface area contributed by atoms with Crippen LogP contribution in [0.25, 0.3) is 10.9 Å². The van der Waals surface area contributed by atoms with Crippen molar-refractivity contribution in [1.29, 1.82) is 0 Å². The van der Waals surface area contributed by atoms with Crippen LogP contribution in [0.1, 0.15) is 21.5 Å². The molecule has 0 saturated heterocycles. The molecule has 1 heterocycles. The summed E-state index contributed by atoms with van der Waals surface area (Å²) in [7, 11) is 0. The first kappa shape index (κ1) is 11.7. The van der Waals surface area contributed by atoms with Gasteiger partial charge in [-0.1, -0.05) is 12.1 Å². The predicted molar refractivity (Wildman–Crippen MR) is 65.5 cm³/mol. The van der Waals surface area contributed by atoms with Crippen molar-refractivity contribution in [2.45, 2.75) is 20.4 Å². The molecule has 2 N–H and O–H groups in total. The van der Waals surface area contributed by atoms with Crippen LogP contribution in [0.15, 0.2) is 18.3 Å². The van der Waals surface area contributed by atoms with E-state index in [0.717, 1.165) is 22.0 Å². The number of carbonyl (C=O) groups is 1. The van der Waals surface area contributed by atoms with Crippen molar-refractivity contribution in [1.82, 2.24) is 4.57 Å². The molecule has 1 aromatic carbocycles. The van der Waals surface area contributed by atoms with E-state index in [1.54, 1.807) is 10.8 Å². The van der Waals surface area contributed by atoms with Gasteiger partial charge in [0.1, 0.15) is 0 Å². The Morgan fingerprint density at radius 2 is 1.94 bits per heavy atom. The summed E-state index contributed by atoms with van der Waals surface area (Å²) in [5.74, 6) is -0.930. The Morgan fingerprint density at radius 1 is 1.29 bits per heavy atom. The predicted octanol–water partition coefficient (Wildman–Crippen LogP) is 1.95. The van der Waals surface area contributed by atoms with E-state index in [1.807, 2.05) is 26.0 Å². The maximum Gasteiger partial charge on any atom is 0.337 e. The average molecular weight is 233 g/mol. The summed E-state index contributed by atoms with van der Waals surface area (Å²) in [6.07, 6.45) is 1.60. The Hall–Kier alpha value is -1.81. The molecule has 0 bridgehead atoms.